The van der Waals surface area contributed by atoms with Crippen molar-refractivity contribution in [3.8, 4) is 0 Å². The number of anilines is 2. The average Bonchev–Trinajstić information content (AvgIpc) is 2.44. The van der Waals surface area contributed by atoms with Crippen LogP contribution in [0.15, 0.2) is 18.3 Å². The standard InChI is InChI=1S/C11H12F3N7/c1-6-16-3-2-7(18-6)5-17-8-4-9(21-15)20-10(19-8)11(12,13)14/h2-4H,5,15H2,1H3,(H2,17,19,20,21). The van der Waals surface area contributed by atoms with Crippen molar-refractivity contribution in [1.82, 2.24) is 19.9 Å². The van der Waals surface area contributed by atoms with Gasteiger partial charge in [0.15, 0.2) is 0 Å². The minimum Gasteiger partial charge on any atom is -0.364 e. The molecule has 0 aliphatic carbocycles. The number of hydrogen-bond acceptors (Lipinski definition) is 7. The molecule has 0 saturated heterocycles. The summed E-state index contributed by atoms with van der Waals surface area (Å²) in [5, 5.41) is 2.74. The van der Waals surface area contributed by atoms with E-state index in [0.717, 1.165) is 0 Å². The number of nitrogens with one attached hydrogen (secondary N) is 2. The van der Waals surface area contributed by atoms with Gasteiger partial charge in [0, 0.05) is 12.3 Å². The molecule has 0 radical (unpaired) electrons. The summed E-state index contributed by atoms with van der Waals surface area (Å²) in [5.74, 6) is 4.24. The third-order valence-corrected chi connectivity index (χ3v) is 2.41. The molecular weight excluding hydrogens is 287 g/mol. The summed E-state index contributed by atoms with van der Waals surface area (Å²) in [7, 11) is 0. The molecule has 4 N–H and O–H groups in total. The fourth-order valence-corrected chi connectivity index (χ4v) is 1.52. The quantitative estimate of drug-likeness (QED) is 0.580. The second-order valence-corrected chi connectivity index (χ2v) is 4.05. The van der Waals surface area contributed by atoms with Crippen LogP contribution in [0.2, 0.25) is 0 Å². The Morgan fingerprint density at radius 3 is 2.52 bits per heavy atom. The van der Waals surface area contributed by atoms with Crippen molar-refractivity contribution in [3.63, 3.8) is 0 Å². The van der Waals surface area contributed by atoms with E-state index in [1.165, 1.54) is 6.07 Å². The van der Waals surface area contributed by atoms with E-state index in [4.69, 9.17) is 5.84 Å². The first-order valence-electron chi connectivity index (χ1n) is 5.84. The third-order valence-electron chi connectivity index (χ3n) is 2.41. The number of hydrogen-bond donors (Lipinski definition) is 3. The molecule has 0 atom stereocenters. The Bertz CT molecular complexity index is 629. The topological polar surface area (TPSA) is 102 Å². The van der Waals surface area contributed by atoms with Gasteiger partial charge in [0.1, 0.15) is 17.5 Å². The summed E-state index contributed by atoms with van der Waals surface area (Å²) in [5.41, 5.74) is 2.69. The van der Waals surface area contributed by atoms with Gasteiger partial charge in [-0.25, -0.2) is 25.8 Å². The lowest BCUT2D eigenvalue weighted by Crippen LogP contribution is -2.17. The number of nitrogens with zero attached hydrogens (tertiary/aromatic N) is 4. The largest absolute Gasteiger partial charge is 0.451 e. The molecule has 21 heavy (non-hydrogen) atoms. The molecule has 0 saturated carbocycles. The molecule has 0 aromatic carbocycles. The average molecular weight is 299 g/mol. The van der Waals surface area contributed by atoms with E-state index in [-0.39, 0.29) is 18.2 Å². The monoisotopic (exact) mass is 299 g/mol. The van der Waals surface area contributed by atoms with Gasteiger partial charge >= 0.3 is 6.18 Å². The Kier molecular flexibility index (Phi) is 4.17. The molecule has 7 nitrogen and oxygen atoms in total. The van der Waals surface area contributed by atoms with Crippen molar-refractivity contribution >= 4 is 11.6 Å². The zero-order valence-corrected chi connectivity index (χ0v) is 10.9. The van der Waals surface area contributed by atoms with Crippen molar-refractivity contribution < 1.29 is 13.2 Å². The van der Waals surface area contributed by atoms with Crippen LogP contribution in [0.5, 0.6) is 0 Å². The number of halogens is 3. The first kappa shape index (κ1) is 14.9. The normalized spacial score (nSPS) is 11.3. The van der Waals surface area contributed by atoms with Crippen LogP contribution in [0.25, 0.3) is 0 Å². The number of aryl methyl sites for hydroxylation is 1. The Balaban J connectivity index is 2.19. The van der Waals surface area contributed by atoms with Gasteiger partial charge in [-0.3, -0.25) is 0 Å². The second-order valence-electron chi connectivity index (χ2n) is 4.05. The lowest BCUT2D eigenvalue weighted by Gasteiger charge is -2.11. The molecule has 2 aromatic heterocycles. The first-order chi connectivity index (χ1) is 9.88. The maximum Gasteiger partial charge on any atom is 0.451 e. The smallest absolute Gasteiger partial charge is 0.364 e. The summed E-state index contributed by atoms with van der Waals surface area (Å²) in [6, 6.07) is 2.91. The molecular formula is C11H12F3N7. The predicted molar refractivity (Wildman–Crippen MR) is 68.9 cm³/mol. The minimum absolute atomic E-state index is 0.0125. The van der Waals surface area contributed by atoms with Gasteiger partial charge in [-0.15, -0.1) is 0 Å². The molecule has 2 heterocycles. The molecule has 0 spiro atoms. The Hall–Kier alpha value is -2.49. The van der Waals surface area contributed by atoms with Crippen LogP contribution in [0, 0.1) is 6.92 Å². The highest BCUT2D eigenvalue weighted by molar-refractivity contribution is 5.47. The van der Waals surface area contributed by atoms with Gasteiger partial charge in [-0.05, 0) is 13.0 Å². The second kappa shape index (κ2) is 5.87. The highest BCUT2D eigenvalue weighted by Gasteiger charge is 2.35. The van der Waals surface area contributed by atoms with Gasteiger partial charge in [-0.2, -0.15) is 13.2 Å². The fourth-order valence-electron chi connectivity index (χ4n) is 1.52. The van der Waals surface area contributed by atoms with Crippen LogP contribution >= 0.6 is 0 Å². The molecule has 0 amide bonds. The van der Waals surface area contributed by atoms with Crippen molar-refractivity contribution in [2.24, 2.45) is 5.84 Å². The molecule has 0 fully saturated rings. The molecule has 2 rings (SSSR count). The number of nitrogen functional groups attached to an aromatic ring is 1. The number of rotatable bonds is 4. The lowest BCUT2D eigenvalue weighted by atomic mass is 10.4. The summed E-state index contributed by atoms with van der Waals surface area (Å²) in [6.07, 6.45) is -3.10. The zero-order valence-electron chi connectivity index (χ0n) is 10.9. The molecule has 2 aromatic rings. The summed E-state index contributed by atoms with van der Waals surface area (Å²) in [6.45, 7) is 1.91. The number of alkyl halides is 3. The molecule has 10 heteroatoms. The number of hydrazine groups is 1. The van der Waals surface area contributed by atoms with Crippen molar-refractivity contribution in [3.05, 3.63) is 35.7 Å². The van der Waals surface area contributed by atoms with Crippen LogP contribution < -0.4 is 16.6 Å². The minimum atomic E-state index is -4.66. The SMILES string of the molecule is Cc1nccc(CNc2cc(NN)nc(C(F)(F)F)n2)n1. The highest BCUT2D eigenvalue weighted by Crippen LogP contribution is 2.28. The Labute approximate surface area is 117 Å². The van der Waals surface area contributed by atoms with Crippen LogP contribution in [0.1, 0.15) is 17.3 Å². The zero-order chi connectivity index (χ0) is 15.5. The third kappa shape index (κ3) is 3.99. The Morgan fingerprint density at radius 2 is 1.90 bits per heavy atom. The van der Waals surface area contributed by atoms with E-state index in [0.29, 0.717) is 11.5 Å². The van der Waals surface area contributed by atoms with Crippen LogP contribution in [-0.4, -0.2) is 19.9 Å². The van der Waals surface area contributed by atoms with E-state index in [1.807, 2.05) is 0 Å². The molecule has 0 aliphatic rings. The van der Waals surface area contributed by atoms with Crippen molar-refractivity contribution in [2.75, 3.05) is 10.7 Å². The van der Waals surface area contributed by atoms with E-state index in [1.54, 1.807) is 19.2 Å². The molecule has 0 bridgehead atoms. The van der Waals surface area contributed by atoms with Gasteiger partial charge in [-0.1, -0.05) is 0 Å². The molecule has 0 unspecified atom stereocenters. The maximum atomic E-state index is 12.7. The van der Waals surface area contributed by atoms with Gasteiger partial charge in [0.2, 0.25) is 5.82 Å². The van der Waals surface area contributed by atoms with Crippen molar-refractivity contribution in [2.45, 2.75) is 19.6 Å². The molecule has 112 valence electrons. The lowest BCUT2D eigenvalue weighted by molar-refractivity contribution is -0.144. The summed E-state index contributed by atoms with van der Waals surface area (Å²) >= 11 is 0. The molecule has 0 aliphatic heterocycles. The van der Waals surface area contributed by atoms with E-state index in [9.17, 15) is 13.2 Å². The summed E-state index contributed by atoms with van der Waals surface area (Å²) in [4.78, 5) is 14.7. The first-order valence-corrected chi connectivity index (χ1v) is 5.84. The van der Waals surface area contributed by atoms with Gasteiger partial charge in [0.05, 0.1) is 12.2 Å². The maximum absolute atomic E-state index is 12.7. The summed E-state index contributed by atoms with van der Waals surface area (Å²) < 4.78 is 38.0. The van der Waals surface area contributed by atoms with Gasteiger partial charge in [0.25, 0.3) is 0 Å². The van der Waals surface area contributed by atoms with Crippen LogP contribution in [-0.2, 0) is 12.7 Å². The van der Waals surface area contributed by atoms with Gasteiger partial charge < -0.3 is 10.7 Å². The van der Waals surface area contributed by atoms with Crippen LogP contribution in [0.4, 0.5) is 24.8 Å². The fraction of sp³-hybridized carbons (Fsp3) is 0.273. The van der Waals surface area contributed by atoms with Crippen molar-refractivity contribution in [1.29, 1.82) is 0 Å². The van der Waals surface area contributed by atoms with Crippen LogP contribution in [0.3, 0.4) is 0 Å². The van der Waals surface area contributed by atoms with E-state index >= 15 is 0 Å². The van der Waals surface area contributed by atoms with E-state index < -0.39 is 12.0 Å². The highest BCUT2D eigenvalue weighted by atomic mass is 19.4. The Morgan fingerprint density at radius 1 is 1.19 bits per heavy atom. The predicted octanol–water partition coefficient (Wildman–Crippen LogP) is 1.49. The number of aromatic nitrogens is 4. The number of nitrogens with two attached hydrogens (primary N) is 1. The van der Waals surface area contributed by atoms with E-state index in [2.05, 4.69) is 30.7 Å².